The Kier molecular flexibility index (Phi) is 3.33. The van der Waals surface area contributed by atoms with E-state index < -0.39 is 0 Å². The molecule has 5 aliphatic rings. The zero-order valence-electron chi connectivity index (χ0n) is 13.5. The summed E-state index contributed by atoms with van der Waals surface area (Å²) in [6.45, 7) is 5.74. The summed E-state index contributed by atoms with van der Waals surface area (Å²) in [5.74, 6) is 3.21. The highest BCUT2D eigenvalue weighted by Crippen LogP contribution is 2.61. The summed E-state index contributed by atoms with van der Waals surface area (Å²) in [5, 5.41) is 0. The third-order valence-electron chi connectivity index (χ3n) is 6.46. The lowest BCUT2D eigenvalue weighted by Crippen LogP contribution is -2.52. The summed E-state index contributed by atoms with van der Waals surface area (Å²) < 4.78 is 5.77. The Morgan fingerprint density at radius 1 is 1.00 bits per heavy atom. The molecular weight excluding hydrogens is 262 g/mol. The van der Waals surface area contributed by atoms with E-state index in [1.54, 1.807) is 0 Å². The van der Waals surface area contributed by atoms with Crippen molar-refractivity contribution >= 4 is 5.91 Å². The van der Waals surface area contributed by atoms with Gasteiger partial charge >= 0.3 is 0 Å². The molecule has 0 spiro atoms. The summed E-state index contributed by atoms with van der Waals surface area (Å²) in [6, 6.07) is 0. The van der Waals surface area contributed by atoms with Crippen molar-refractivity contribution in [3.63, 3.8) is 0 Å². The third-order valence-corrected chi connectivity index (χ3v) is 6.46. The van der Waals surface area contributed by atoms with E-state index in [-0.39, 0.29) is 12.2 Å². The van der Waals surface area contributed by atoms with E-state index in [1.165, 1.54) is 38.5 Å². The Balaban J connectivity index is 1.44. The summed E-state index contributed by atoms with van der Waals surface area (Å²) in [7, 11) is 0. The molecule has 4 bridgehead atoms. The van der Waals surface area contributed by atoms with Crippen LogP contribution in [0, 0.1) is 23.2 Å². The van der Waals surface area contributed by atoms with Gasteiger partial charge < -0.3 is 9.64 Å². The topological polar surface area (TPSA) is 29.5 Å². The summed E-state index contributed by atoms with van der Waals surface area (Å²) in [5.41, 5.74) is 0.372. The maximum atomic E-state index is 12.8. The number of amides is 1. The van der Waals surface area contributed by atoms with Crippen molar-refractivity contribution in [1.82, 2.24) is 4.90 Å². The minimum atomic E-state index is 0.189. The average molecular weight is 291 g/mol. The van der Waals surface area contributed by atoms with Gasteiger partial charge in [-0.1, -0.05) is 0 Å². The predicted octanol–water partition coefficient (Wildman–Crippen LogP) is 3.23. The van der Waals surface area contributed by atoms with Gasteiger partial charge in [0, 0.05) is 19.5 Å². The van der Waals surface area contributed by atoms with E-state index in [9.17, 15) is 4.79 Å². The van der Waals surface area contributed by atoms with Crippen molar-refractivity contribution in [3.8, 4) is 0 Å². The maximum Gasteiger partial charge on any atom is 0.223 e. The molecule has 0 aromatic rings. The normalized spacial score (nSPS) is 48.7. The first-order valence-corrected chi connectivity index (χ1v) is 8.94. The van der Waals surface area contributed by atoms with Crippen LogP contribution in [0.1, 0.15) is 58.8 Å². The first-order chi connectivity index (χ1) is 10.0. The number of nitrogens with zero attached hydrogens (tertiary/aromatic N) is 1. The second kappa shape index (κ2) is 4.97. The van der Waals surface area contributed by atoms with Gasteiger partial charge in [0.1, 0.15) is 0 Å². The third kappa shape index (κ3) is 2.62. The minimum Gasteiger partial charge on any atom is -0.372 e. The molecule has 1 saturated heterocycles. The largest absolute Gasteiger partial charge is 0.372 e. The predicted molar refractivity (Wildman–Crippen MR) is 81.8 cm³/mol. The van der Waals surface area contributed by atoms with Gasteiger partial charge in [0.2, 0.25) is 5.91 Å². The van der Waals surface area contributed by atoms with Crippen molar-refractivity contribution in [1.29, 1.82) is 0 Å². The Hall–Kier alpha value is -0.570. The van der Waals surface area contributed by atoms with Crippen molar-refractivity contribution in [2.45, 2.75) is 71.0 Å². The van der Waals surface area contributed by atoms with Crippen molar-refractivity contribution < 1.29 is 9.53 Å². The number of carbonyl (C=O) groups is 1. The Morgan fingerprint density at radius 3 is 1.95 bits per heavy atom. The number of morpholine rings is 1. The van der Waals surface area contributed by atoms with Crippen LogP contribution in [-0.2, 0) is 9.53 Å². The van der Waals surface area contributed by atoms with Crippen LogP contribution >= 0.6 is 0 Å². The van der Waals surface area contributed by atoms with E-state index in [0.29, 0.717) is 11.3 Å². The van der Waals surface area contributed by atoms with Gasteiger partial charge in [-0.25, -0.2) is 0 Å². The van der Waals surface area contributed by atoms with E-state index >= 15 is 0 Å². The van der Waals surface area contributed by atoms with Crippen LogP contribution in [0.4, 0.5) is 0 Å². The van der Waals surface area contributed by atoms with Gasteiger partial charge in [-0.05, 0) is 75.5 Å². The van der Waals surface area contributed by atoms with Gasteiger partial charge in [-0.15, -0.1) is 0 Å². The zero-order chi connectivity index (χ0) is 14.6. The lowest BCUT2D eigenvalue weighted by molar-refractivity contribution is -0.150. The quantitative estimate of drug-likeness (QED) is 0.782. The fourth-order valence-electron chi connectivity index (χ4n) is 6.32. The second-order valence-electron chi connectivity index (χ2n) is 8.65. The zero-order valence-corrected chi connectivity index (χ0v) is 13.5. The fraction of sp³-hybridized carbons (Fsp3) is 0.944. The smallest absolute Gasteiger partial charge is 0.223 e. The molecule has 0 radical (unpaired) electrons. The molecule has 3 heteroatoms. The van der Waals surface area contributed by atoms with Gasteiger partial charge in [0.15, 0.2) is 0 Å². The first kappa shape index (κ1) is 14.0. The number of carbonyl (C=O) groups excluding carboxylic acids is 1. The molecule has 4 saturated carbocycles. The lowest BCUT2D eigenvalue weighted by Gasteiger charge is -2.57. The van der Waals surface area contributed by atoms with E-state index in [0.717, 1.165) is 37.3 Å². The summed E-state index contributed by atoms with van der Waals surface area (Å²) in [4.78, 5) is 14.9. The Bertz CT molecular complexity index is 388. The number of hydrogen-bond acceptors (Lipinski definition) is 2. The van der Waals surface area contributed by atoms with E-state index in [1.807, 2.05) is 0 Å². The molecule has 3 nitrogen and oxygen atoms in total. The van der Waals surface area contributed by atoms with Crippen LogP contribution in [0.3, 0.4) is 0 Å². The molecule has 5 rings (SSSR count). The number of ether oxygens (including phenoxy) is 1. The molecular formula is C18H29NO2. The summed E-state index contributed by atoms with van der Waals surface area (Å²) >= 11 is 0. The van der Waals surface area contributed by atoms with Gasteiger partial charge in [0.25, 0.3) is 0 Å². The highest BCUT2D eigenvalue weighted by atomic mass is 16.5. The van der Waals surface area contributed by atoms with Crippen LogP contribution in [-0.4, -0.2) is 36.1 Å². The molecule has 118 valence electrons. The van der Waals surface area contributed by atoms with Gasteiger partial charge in [-0.2, -0.15) is 0 Å². The monoisotopic (exact) mass is 291 g/mol. The van der Waals surface area contributed by atoms with E-state index in [4.69, 9.17) is 4.74 Å². The molecule has 2 atom stereocenters. The van der Waals surface area contributed by atoms with Crippen LogP contribution < -0.4 is 0 Å². The molecule has 2 unspecified atom stereocenters. The standard InChI is InChI=1S/C18H29NO2/c1-12-10-19(11-13(2)21-12)17(20)9-18-6-14-3-15(7-18)5-16(4-14)8-18/h12-16H,3-11H2,1-2H3. The first-order valence-electron chi connectivity index (χ1n) is 8.94. The molecule has 5 fully saturated rings. The fourth-order valence-corrected chi connectivity index (χ4v) is 6.32. The van der Waals surface area contributed by atoms with Crippen LogP contribution in [0.25, 0.3) is 0 Å². The molecule has 1 aliphatic heterocycles. The van der Waals surface area contributed by atoms with Crippen molar-refractivity contribution in [2.24, 2.45) is 23.2 Å². The SMILES string of the molecule is CC1CN(C(=O)CC23CC4CC(CC(C4)C2)C3)CC(C)O1. The molecule has 0 aromatic carbocycles. The van der Waals surface area contributed by atoms with Gasteiger partial charge in [-0.3, -0.25) is 4.79 Å². The molecule has 1 heterocycles. The lowest BCUT2D eigenvalue weighted by atomic mass is 9.49. The second-order valence-corrected chi connectivity index (χ2v) is 8.65. The maximum absolute atomic E-state index is 12.8. The molecule has 4 aliphatic carbocycles. The average Bonchev–Trinajstić information content (AvgIpc) is 2.35. The number of rotatable bonds is 2. The van der Waals surface area contributed by atoms with E-state index in [2.05, 4.69) is 18.7 Å². The van der Waals surface area contributed by atoms with Crippen LogP contribution in [0.2, 0.25) is 0 Å². The molecule has 21 heavy (non-hydrogen) atoms. The summed E-state index contributed by atoms with van der Waals surface area (Å²) in [6.07, 6.45) is 9.57. The van der Waals surface area contributed by atoms with Crippen molar-refractivity contribution in [2.75, 3.05) is 13.1 Å². The molecule has 1 amide bonds. The highest BCUT2D eigenvalue weighted by molar-refractivity contribution is 5.77. The highest BCUT2D eigenvalue weighted by Gasteiger charge is 2.51. The Morgan fingerprint density at radius 2 is 1.48 bits per heavy atom. The molecule has 0 N–H and O–H groups in total. The Labute approximate surface area is 128 Å². The van der Waals surface area contributed by atoms with Crippen LogP contribution in [0.5, 0.6) is 0 Å². The van der Waals surface area contributed by atoms with Crippen LogP contribution in [0.15, 0.2) is 0 Å². The number of hydrogen-bond donors (Lipinski definition) is 0. The molecule has 0 aromatic heterocycles. The van der Waals surface area contributed by atoms with Gasteiger partial charge in [0.05, 0.1) is 12.2 Å². The van der Waals surface area contributed by atoms with Crippen molar-refractivity contribution in [3.05, 3.63) is 0 Å². The minimum absolute atomic E-state index is 0.189.